The zero-order valence-corrected chi connectivity index (χ0v) is 14.2. The van der Waals surface area contributed by atoms with E-state index in [2.05, 4.69) is 5.10 Å². The number of nitrogens with zero attached hydrogens (tertiary/aromatic N) is 3. The van der Waals surface area contributed by atoms with E-state index in [-0.39, 0.29) is 23.3 Å². The molecule has 6 nitrogen and oxygen atoms in total. The van der Waals surface area contributed by atoms with Gasteiger partial charge in [-0.25, -0.2) is 4.68 Å². The molecule has 25 heavy (non-hydrogen) atoms. The van der Waals surface area contributed by atoms with Crippen LogP contribution in [0.25, 0.3) is 0 Å². The normalized spacial score (nSPS) is 19.7. The second kappa shape index (κ2) is 6.35. The third-order valence-corrected chi connectivity index (χ3v) is 4.93. The fraction of sp³-hybridized carbons (Fsp3) is 0.421. The van der Waals surface area contributed by atoms with E-state index in [0.29, 0.717) is 26.2 Å². The Bertz CT molecular complexity index is 855. The molecule has 0 spiro atoms. The highest BCUT2D eigenvalue weighted by molar-refractivity contribution is 5.80. The molecule has 0 radical (unpaired) electrons. The molecule has 0 bridgehead atoms. The minimum absolute atomic E-state index is 0.0901. The van der Waals surface area contributed by atoms with Crippen LogP contribution in [0.2, 0.25) is 0 Å². The summed E-state index contributed by atoms with van der Waals surface area (Å²) in [5, 5.41) is 4.26. The maximum absolute atomic E-state index is 12.7. The number of fused-ring (bicyclic) bond motifs is 1. The summed E-state index contributed by atoms with van der Waals surface area (Å²) in [5.74, 6) is 1.21. The second-order valence-electron chi connectivity index (χ2n) is 6.92. The standard InChI is InChI=1S/C19H21N3O3/c1-13-6-7-18(23)22(20-13)11-14-9-21(10-14)19(24)16-8-15-4-2-3-5-17(15)25-12-16/h2-7,14,16H,8-12H2,1H3. The van der Waals surface area contributed by atoms with E-state index in [1.807, 2.05) is 36.1 Å². The van der Waals surface area contributed by atoms with Crippen LogP contribution < -0.4 is 10.3 Å². The Labute approximate surface area is 146 Å². The summed E-state index contributed by atoms with van der Waals surface area (Å²) >= 11 is 0. The molecule has 1 fully saturated rings. The van der Waals surface area contributed by atoms with Gasteiger partial charge in [0, 0.05) is 25.1 Å². The predicted molar refractivity (Wildman–Crippen MR) is 92.4 cm³/mol. The smallest absolute Gasteiger partial charge is 0.266 e. The van der Waals surface area contributed by atoms with Gasteiger partial charge in [0.15, 0.2) is 0 Å². The minimum Gasteiger partial charge on any atom is -0.492 e. The summed E-state index contributed by atoms with van der Waals surface area (Å²) in [6.45, 7) is 4.23. The van der Waals surface area contributed by atoms with Crippen LogP contribution in [0, 0.1) is 18.8 Å². The molecule has 2 aliphatic rings. The number of aromatic nitrogens is 2. The zero-order chi connectivity index (χ0) is 17.4. The first-order valence-corrected chi connectivity index (χ1v) is 8.64. The first kappa shape index (κ1) is 15.9. The molecular formula is C19H21N3O3. The molecule has 1 atom stereocenters. The van der Waals surface area contributed by atoms with Gasteiger partial charge in [0.2, 0.25) is 5.91 Å². The van der Waals surface area contributed by atoms with E-state index in [1.165, 1.54) is 4.68 Å². The van der Waals surface area contributed by atoms with Crippen LogP contribution in [0.5, 0.6) is 5.75 Å². The molecule has 0 aliphatic carbocycles. The first-order valence-electron chi connectivity index (χ1n) is 8.64. The molecule has 6 heteroatoms. The number of ether oxygens (including phenoxy) is 1. The zero-order valence-electron chi connectivity index (χ0n) is 14.2. The van der Waals surface area contributed by atoms with Crippen molar-refractivity contribution in [3.05, 3.63) is 58.0 Å². The monoisotopic (exact) mass is 339 g/mol. The lowest BCUT2D eigenvalue weighted by molar-refractivity contribution is -0.143. The summed E-state index contributed by atoms with van der Waals surface area (Å²) in [6.07, 6.45) is 0.731. The average Bonchev–Trinajstić information content (AvgIpc) is 2.59. The van der Waals surface area contributed by atoms with Crippen molar-refractivity contribution in [2.75, 3.05) is 19.7 Å². The number of aryl methyl sites for hydroxylation is 1. The van der Waals surface area contributed by atoms with Gasteiger partial charge in [-0.1, -0.05) is 18.2 Å². The minimum atomic E-state index is -0.115. The number of benzene rings is 1. The number of carbonyl (C=O) groups excluding carboxylic acids is 1. The molecule has 3 heterocycles. The Hall–Kier alpha value is -2.63. The molecule has 1 unspecified atom stereocenters. The number of hydrogen-bond acceptors (Lipinski definition) is 4. The summed E-state index contributed by atoms with van der Waals surface area (Å²) < 4.78 is 7.23. The summed E-state index contributed by atoms with van der Waals surface area (Å²) in [5.41, 5.74) is 1.83. The van der Waals surface area contributed by atoms with Gasteiger partial charge in [-0.2, -0.15) is 5.10 Å². The van der Waals surface area contributed by atoms with Gasteiger partial charge in [-0.05, 0) is 31.0 Å². The van der Waals surface area contributed by atoms with Gasteiger partial charge in [0.1, 0.15) is 12.4 Å². The molecule has 0 saturated carbocycles. The van der Waals surface area contributed by atoms with Crippen molar-refractivity contribution < 1.29 is 9.53 Å². The molecule has 1 saturated heterocycles. The molecule has 0 N–H and O–H groups in total. The topological polar surface area (TPSA) is 64.4 Å². The van der Waals surface area contributed by atoms with E-state index >= 15 is 0 Å². The van der Waals surface area contributed by atoms with Crippen LogP contribution in [0.15, 0.2) is 41.2 Å². The number of amides is 1. The van der Waals surface area contributed by atoms with Crippen molar-refractivity contribution in [3.63, 3.8) is 0 Å². The lowest BCUT2D eigenvalue weighted by atomic mass is 9.92. The van der Waals surface area contributed by atoms with Crippen molar-refractivity contribution in [2.24, 2.45) is 11.8 Å². The number of likely N-dealkylation sites (tertiary alicyclic amines) is 1. The van der Waals surface area contributed by atoms with Crippen LogP contribution in [0.1, 0.15) is 11.3 Å². The molecule has 130 valence electrons. The highest BCUT2D eigenvalue weighted by Crippen LogP contribution is 2.29. The lowest BCUT2D eigenvalue weighted by Crippen LogP contribution is -2.55. The molecule has 1 amide bonds. The van der Waals surface area contributed by atoms with E-state index in [0.717, 1.165) is 23.4 Å². The van der Waals surface area contributed by atoms with Crippen LogP contribution in [-0.2, 0) is 17.8 Å². The molecule has 4 rings (SSSR count). The number of hydrogen-bond donors (Lipinski definition) is 0. The molecule has 2 aliphatic heterocycles. The second-order valence-corrected chi connectivity index (χ2v) is 6.92. The number of carbonyl (C=O) groups is 1. The number of para-hydroxylation sites is 1. The summed E-state index contributed by atoms with van der Waals surface area (Å²) in [7, 11) is 0. The van der Waals surface area contributed by atoms with E-state index in [9.17, 15) is 9.59 Å². The quantitative estimate of drug-likeness (QED) is 0.845. The fourth-order valence-corrected chi connectivity index (χ4v) is 3.54. The van der Waals surface area contributed by atoms with Crippen molar-refractivity contribution in [1.82, 2.24) is 14.7 Å². The molecular weight excluding hydrogens is 318 g/mol. The maximum atomic E-state index is 12.7. The summed E-state index contributed by atoms with van der Waals surface area (Å²) in [6, 6.07) is 11.1. The molecule has 2 aromatic rings. The Morgan fingerprint density at radius 1 is 1.24 bits per heavy atom. The third-order valence-electron chi connectivity index (χ3n) is 4.93. The summed E-state index contributed by atoms with van der Waals surface area (Å²) in [4.78, 5) is 26.4. The van der Waals surface area contributed by atoms with Crippen molar-refractivity contribution in [1.29, 1.82) is 0 Å². The lowest BCUT2D eigenvalue weighted by Gasteiger charge is -2.41. The number of rotatable bonds is 3. The van der Waals surface area contributed by atoms with Gasteiger partial charge in [-0.3, -0.25) is 9.59 Å². The van der Waals surface area contributed by atoms with Gasteiger partial charge >= 0.3 is 0 Å². The van der Waals surface area contributed by atoms with Crippen LogP contribution in [0.4, 0.5) is 0 Å². The van der Waals surface area contributed by atoms with Crippen LogP contribution in [-0.4, -0.2) is 40.3 Å². The Balaban J connectivity index is 1.34. The molecule has 1 aromatic heterocycles. The van der Waals surface area contributed by atoms with Gasteiger partial charge in [0.25, 0.3) is 5.56 Å². The Morgan fingerprint density at radius 3 is 2.88 bits per heavy atom. The van der Waals surface area contributed by atoms with Gasteiger partial charge in [0.05, 0.1) is 18.2 Å². The van der Waals surface area contributed by atoms with Crippen molar-refractivity contribution in [3.8, 4) is 5.75 Å². The molecule has 1 aromatic carbocycles. The van der Waals surface area contributed by atoms with Gasteiger partial charge in [-0.15, -0.1) is 0 Å². The van der Waals surface area contributed by atoms with Crippen molar-refractivity contribution in [2.45, 2.75) is 19.9 Å². The highest BCUT2D eigenvalue weighted by Gasteiger charge is 2.36. The largest absolute Gasteiger partial charge is 0.492 e. The van der Waals surface area contributed by atoms with E-state index in [1.54, 1.807) is 12.1 Å². The Kier molecular flexibility index (Phi) is 4.03. The first-order chi connectivity index (χ1) is 12.1. The van der Waals surface area contributed by atoms with E-state index in [4.69, 9.17) is 4.74 Å². The SMILES string of the molecule is Cc1ccc(=O)n(CC2CN(C(=O)C3COc4ccccc4C3)C2)n1. The maximum Gasteiger partial charge on any atom is 0.266 e. The highest BCUT2D eigenvalue weighted by atomic mass is 16.5. The van der Waals surface area contributed by atoms with Crippen molar-refractivity contribution >= 4 is 5.91 Å². The van der Waals surface area contributed by atoms with Crippen LogP contribution in [0.3, 0.4) is 0 Å². The van der Waals surface area contributed by atoms with Gasteiger partial charge < -0.3 is 9.64 Å². The third kappa shape index (κ3) is 3.16. The van der Waals surface area contributed by atoms with Crippen LogP contribution >= 0.6 is 0 Å². The average molecular weight is 339 g/mol. The fourth-order valence-electron chi connectivity index (χ4n) is 3.54. The Morgan fingerprint density at radius 2 is 2.04 bits per heavy atom. The predicted octanol–water partition coefficient (Wildman–Crippen LogP) is 1.26. The van der Waals surface area contributed by atoms with E-state index < -0.39 is 0 Å².